The quantitative estimate of drug-likeness (QED) is 0.639. The van der Waals surface area contributed by atoms with Crippen molar-refractivity contribution in [3.63, 3.8) is 0 Å². The third-order valence-electron chi connectivity index (χ3n) is 4.43. The second kappa shape index (κ2) is 8.72. The zero-order valence-electron chi connectivity index (χ0n) is 15.5. The van der Waals surface area contributed by atoms with E-state index in [1.807, 2.05) is 48.9 Å². The molecule has 2 aromatic carbocycles. The van der Waals surface area contributed by atoms with Gasteiger partial charge in [0.05, 0.1) is 17.5 Å². The number of aryl methyl sites for hydroxylation is 1. The number of nitrogens with one attached hydrogen (secondary N) is 1. The third-order valence-corrected chi connectivity index (χ3v) is 5.39. The molecule has 0 bridgehead atoms. The number of carbonyl (C=O) groups excluding carboxylic acids is 1. The smallest absolute Gasteiger partial charge is 0.231 e. The van der Waals surface area contributed by atoms with E-state index < -0.39 is 11.9 Å². The van der Waals surface area contributed by atoms with E-state index >= 15 is 0 Å². The van der Waals surface area contributed by atoms with Gasteiger partial charge in [0.25, 0.3) is 0 Å². The summed E-state index contributed by atoms with van der Waals surface area (Å²) < 4.78 is 15.8. The lowest BCUT2D eigenvalue weighted by molar-refractivity contribution is -0.118. The molecule has 0 aliphatic rings. The highest BCUT2D eigenvalue weighted by atomic mass is 32.2. The Hall–Kier alpha value is -3.11. The van der Waals surface area contributed by atoms with Crippen LogP contribution >= 0.6 is 11.8 Å². The molecule has 1 heterocycles. The Morgan fingerprint density at radius 1 is 1.29 bits per heavy atom. The molecule has 1 atom stereocenters. The zero-order valence-corrected chi connectivity index (χ0v) is 16.3. The molecule has 3 rings (SSSR count). The molecule has 1 unspecified atom stereocenters. The van der Waals surface area contributed by atoms with Crippen LogP contribution in [0.4, 0.5) is 4.39 Å². The molecule has 5 nitrogen and oxygen atoms in total. The fourth-order valence-electron chi connectivity index (χ4n) is 2.80. The average Bonchev–Trinajstić information content (AvgIpc) is 3.15. The van der Waals surface area contributed by atoms with Crippen LogP contribution in [-0.2, 0) is 4.79 Å². The summed E-state index contributed by atoms with van der Waals surface area (Å²) in [6, 6.07) is 12.8. The van der Waals surface area contributed by atoms with Gasteiger partial charge in [-0.1, -0.05) is 42.1 Å². The first kappa shape index (κ1) is 19.6. The lowest BCUT2D eigenvalue weighted by atomic mass is 10.1. The van der Waals surface area contributed by atoms with Gasteiger partial charge in [0.2, 0.25) is 5.91 Å². The van der Waals surface area contributed by atoms with Gasteiger partial charge in [-0.2, -0.15) is 5.26 Å². The molecule has 0 aliphatic carbocycles. The summed E-state index contributed by atoms with van der Waals surface area (Å²) in [5, 5.41) is 12.5. The van der Waals surface area contributed by atoms with E-state index in [9.17, 15) is 14.4 Å². The molecule has 1 aromatic heterocycles. The van der Waals surface area contributed by atoms with Crippen molar-refractivity contribution in [3.05, 3.63) is 77.4 Å². The van der Waals surface area contributed by atoms with Crippen LogP contribution in [0.2, 0.25) is 0 Å². The van der Waals surface area contributed by atoms with Gasteiger partial charge in [-0.05, 0) is 37.1 Å². The highest BCUT2D eigenvalue weighted by Gasteiger charge is 2.18. The fraction of sp³-hybridized carbons (Fsp3) is 0.190. The molecule has 142 valence electrons. The highest BCUT2D eigenvalue weighted by molar-refractivity contribution is 7.99. The van der Waals surface area contributed by atoms with E-state index in [1.54, 1.807) is 12.3 Å². The van der Waals surface area contributed by atoms with Gasteiger partial charge in [0, 0.05) is 18.0 Å². The number of amides is 1. The molecule has 0 saturated carbocycles. The number of imidazole rings is 1. The van der Waals surface area contributed by atoms with Crippen LogP contribution in [0, 0.1) is 31.0 Å². The van der Waals surface area contributed by atoms with Crippen LogP contribution in [0.1, 0.15) is 22.7 Å². The second-order valence-electron chi connectivity index (χ2n) is 6.24. The summed E-state index contributed by atoms with van der Waals surface area (Å²) in [7, 11) is 0. The van der Waals surface area contributed by atoms with E-state index in [0.717, 1.165) is 11.3 Å². The number of hydrogen-bond donors (Lipinski definition) is 1. The largest absolute Gasteiger partial charge is 0.336 e. The lowest BCUT2D eigenvalue weighted by Crippen LogP contribution is -2.29. The zero-order chi connectivity index (χ0) is 20.1. The minimum Gasteiger partial charge on any atom is -0.336 e. The van der Waals surface area contributed by atoms with Gasteiger partial charge < -0.3 is 5.32 Å². The highest BCUT2D eigenvalue weighted by Crippen LogP contribution is 2.24. The van der Waals surface area contributed by atoms with Crippen molar-refractivity contribution in [1.29, 1.82) is 5.26 Å². The number of carbonyl (C=O) groups is 1. The third kappa shape index (κ3) is 4.24. The van der Waals surface area contributed by atoms with Crippen molar-refractivity contribution in [2.45, 2.75) is 25.0 Å². The van der Waals surface area contributed by atoms with Gasteiger partial charge in [-0.25, -0.2) is 9.37 Å². The van der Waals surface area contributed by atoms with Crippen molar-refractivity contribution >= 4 is 17.7 Å². The Morgan fingerprint density at radius 3 is 2.82 bits per heavy atom. The van der Waals surface area contributed by atoms with Crippen LogP contribution in [0.25, 0.3) is 5.69 Å². The van der Waals surface area contributed by atoms with Crippen molar-refractivity contribution in [3.8, 4) is 11.8 Å². The number of nitriles is 1. The molecular weight excluding hydrogens is 375 g/mol. The van der Waals surface area contributed by atoms with Gasteiger partial charge in [-0.15, -0.1) is 0 Å². The van der Waals surface area contributed by atoms with Crippen molar-refractivity contribution in [1.82, 2.24) is 14.9 Å². The molecule has 0 spiro atoms. The standard InChI is InChI=1S/C21H19FN4OS/c1-14-6-5-9-19(15(14)2)26-11-10-24-21(26)28-13-20(27)25-18(12-23)16-7-3-4-8-17(16)22/h3-11,18H,13H2,1-2H3,(H,25,27). The fourth-order valence-corrected chi connectivity index (χ4v) is 3.58. The first-order valence-corrected chi connectivity index (χ1v) is 9.66. The molecule has 1 N–H and O–H groups in total. The number of benzene rings is 2. The molecule has 0 saturated heterocycles. The van der Waals surface area contributed by atoms with E-state index in [2.05, 4.69) is 10.3 Å². The molecule has 7 heteroatoms. The predicted molar refractivity (Wildman–Crippen MR) is 107 cm³/mol. The second-order valence-corrected chi connectivity index (χ2v) is 7.18. The first-order chi connectivity index (χ1) is 13.5. The molecule has 0 radical (unpaired) electrons. The molecule has 1 amide bonds. The van der Waals surface area contributed by atoms with Crippen LogP contribution in [0.15, 0.2) is 60.0 Å². The van der Waals surface area contributed by atoms with Gasteiger partial charge >= 0.3 is 0 Å². The van der Waals surface area contributed by atoms with E-state index in [0.29, 0.717) is 5.16 Å². The maximum absolute atomic E-state index is 13.9. The Kier molecular flexibility index (Phi) is 6.12. The van der Waals surface area contributed by atoms with Gasteiger partial charge in [0.1, 0.15) is 11.9 Å². The maximum Gasteiger partial charge on any atom is 0.231 e. The Bertz CT molecular complexity index is 1040. The van der Waals surface area contributed by atoms with Crippen molar-refractivity contribution in [2.75, 3.05) is 5.75 Å². The summed E-state index contributed by atoms with van der Waals surface area (Å²) in [6.07, 6.45) is 3.53. The van der Waals surface area contributed by atoms with Crippen LogP contribution in [-0.4, -0.2) is 21.2 Å². The SMILES string of the molecule is Cc1cccc(-n2ccnc2SCC(=O)NC(C#N)c2ccccc2F)c1C. The monoisotopic (exact) mass is 394 g/mol. The normalized spacial score (nSPS) is 11.6. The number of rotatable bonds is 6. The number of aromatic nitrogens is 2. The summed E-state index contributed by atoms with van der Waals surface area (Å²) in [6.45, 7) is 4.08. The van der Waals surface area contributed by atoms with Crippen LogP contribution < -0.4 is 5.32 Å². The number of thioether (sulfide) groups is 1. The summed E-state index contributed by atoms with van der Waals surface area (Å²) in [5.74, 6) is -0.822. The summed E-state index contributed by atoms with van der Waals surface area (Å²) in [4.78, 5) is 16.6. The molecule has 3 aromatic rings. The lowest BCUT2D eigenvalue weighted by Gasteiger charge is -2.14. The maximum atomic E-state index is 13.9. The summed E-state index contributed by atoms with van der Waals surface area (Å²) in [5.41, 5.74) is 3.46. The number of halogens is 1. The minimum absolute atomic E-state index is 0.0640. The molecule has 28 heavy (non-hydrogen) atoms. The van der Waals surface area contributed by atoms with Crippen LogP contribution in [0.3, 0.4) is 0 Å². The first-order valence-electron chi connectivity index (χ1n) is 8.67. The molecule has 0 aliphatic heterocycles. The Balaban J connectivity index is 1.69. The van der Waals surface area contributed by atoms with Gasteiger partial charge in [0.15, 0.2) is 5.16 Å². The minimum atomic E-state index is -1.03. The van der Waals surface area contributed by atoms with E-state index in [-0.39, 0.29) is 17.2 Å². The van der Waals surface area contributed by atoms with Gasteiger partial charge in [-0.3, -0.25) is 9.36 Å². The predicted octanol–water partition coefficient (Wildman–Crippen LogP) is 4.10. The van der Waals surface area contributed by atoms with E-state index in [1.165, 1.54) is 35.5 Å². The van der Waals surface area contributed by atoms with E-state index in [4.69, 9.17) is 0 Å². The van der Waals surface area contributed by atoms with Crippen LogP contribution in [0.5, 0.6) is 0 Å². The number of nitrogens with zero attached hydrogens (tertiary/aromatic N) is 3. The summed E-state index contributed by atoms with van der Waals surface area (Å²) >= 11 is 1.26. The topological polar surface area (TPSA) is 70.7 Å². The Labute approximate surface area is 167 Å². The van der Waals surface area contributed by atoms with Crippen molar-refractivity contribution < 1.29 is 9.18 Å². The average molecular weight is 394 g/mol. The number of hydrogen-bond acceptors (Lipinski definition) is 4. The Morgan fingerprint density at radius 2 is 2.07 bits per heavy atom. The molecular formula is C21H19FN4OS. The molecule has 0 fully saturated rings. The van der Waals surface area contributed by atoms with Crippen molar-refractivity contribution in [2.24, 2.45) is 0 Å².